The largest absolute Gasteiger partial charge is 0.368 e. The summed E-state index contributed by atoms with van der Waals surface area (Å²) in [7, 11) is 0. The molecular formula is C13H15N5O3. The van der Waals surface area contributed by atoms with E-state index in [1.807, 2.05) is 0 Å². The van der Waals surface area contributed by atoms with Crippen molar-refractivity contribution in [1.82, 2.24) is 25.4 Å². The summed E-state index contributed by atoms with van der Waals surface area (Å²) in [6, 6.07) is 0. The molecule has 1 saturated heterocycles. The van der Waals surface area contributed by atoms with Crippen molar-refractivity contribution >= 4 is 5.91 Å². The second kappa shape index (κ2) is 4.96. The van der Waals surface area contributed by atoms with Gasteiger partial charge in [0, 0.05) is 18.8 Å². The first-order valence-electron chi connectivity index (χ1n) is 7.14. The molecule has 1 atom stereocenters. The Morgan fingerprint density at radius 3 is 3.05 bits per heavy atom. The molecule has 110 valence electrons. The van der Waals surface area contributed by atoms with Crippen LogP contribution in [0.1, 0.15) is 47.4 Å². The van der Waals surface area contributed by atoms with Crippen LogP contribution in [0.15, 0.2) is 4.52 Å². The fourth-order valence-electron chi connectivity index (χ4n) is 2.67. The summed E-state index contributed by atoms with van der Waals surface area (Å²) < 4.78 is 10.8. The monoisotopic (exact) mass is 289 g/mol. The van der Waals surface area contributed by atoms with Crippen molar-refractivity contribution < 1.29 is 14.1 Å². The second-order valence-corrected chi connectivity index (χ2v) is 5.23. The van der Waals surface area contributed by atoms with Crippen LogP contribution in [-0.4, -0.2) is 39.2 Å². The first-order valence-corrected chi connectivity index (χ1v) is 7.14. The fraction of sp³-hybridized carbons (Fsp3) is 0.538. The number of ether oxygens (including phenoxy) is 1. The number of carbonyl (C=O) groups is 1. The molecule has 8 nitrogen and oxygen atoms in total. The van der Waals surface area contributed by atoms with Crippen LogP contribution in [0.3, 0.4) is 0 Å². The fourth-order valence-corrected chi connectivity index (χ4v) is 2.67. The lowest BCUT2D eigenvalue weighted by Crippen LogP contribution is -2.23. The first-order chi connectivity index (χ1) is 10.3. The van der Waals surface area contributed by atoms with Gasteiger partial charge in [-0.05, 0) is 25.7 Å². The maximum absolute atomic E-state index is 11.9. The topological polar surface area (TPSA) is 106 Å². The Hall–Kier alpha value is -2.22. The molecule has 1 fully saturated rings. The van der Waals surface area contributed by atoms with E-state index in [0.717, 1.165) is 38.0 Å². The van der Waals surface area contributed by atoms with Gasteiger partial charge in [0.2, 0.25) is 5.82 Å². The normalized spacial score (nSPS) is 21.9. The molecule has 0 aliphatic carbocycles. The average molecular weight is 289 g/mol. The van der Waals surface area contributed by atoms with Crippen molar-refractivity contribution in [3.8, 4) is 11.6 Å². The molecule has 0 spiro atoms. The van der Waals surface area contributed by atoms with E-state index in [0.29, 0.717) is 29.8 Å². The number of nitrogens with zero attached hydrogens (tertiary/aromatic N) is 3. The number of hydrogen-bond donors (Lipinski definition) is 2. The highest BCUT2D eigenvalue weighted by molar-refractivity contribution is 5.94. The van der Waals surface area contributed by atoms with E-state index in [1.165, 1.54) is 0 Å². The van der Waals surface area contributed by atoms with E-state index in [9.17, 15) is 4.79 Å². The first kappa shape index (κ1) is 12.5. The van der Waals surface area contributed by atoms with Crippen molar-refractivity contribution in [3.05, 3.63) is 17.3 Å². The number of imidazole rings is 1. The third kappa shape index (κ3) is 2.21. The summed E-state index contributed by atoms with van der Waals surface area (Å²) in [6.45, 7) is 1.39. The van der Waals surface area contributed by atoms with E-state index in [2.05, 4.69) is 25.4 Å². The highest BCUT2D eigenvalue weighted by Gasteiger charge is 2.26. The predicted octanol–water partition coefficient (Wildman–Crippen LogP) is 0.987. The van der Waals surface area contributed by atoms with Crippen molar-refractivity contribution in [2.24, 2.45) is 0 Å². The van der Waals surface area contributed by atoms with Crippen molar-refractivity contribution in [1.29, 1.82) is 0 Å². The van der Waals surface area contributed by atoms with Crippen molar-refractivity contribution in [2.45, 2.75) is 31.8 Å². The van der Waals surface area contributed by atoms with Crippen LogP contribution < -0.4 is 5.32 Å². The summed E-state index contributed by atoms with van der Waals surface area (Å²) in [5.41, 5.74) is 1.24. The molecule has 2 aromatic rings. The molecule has 8 heteroatoms. The number of aryl methyl sites for hydroxylation is 1. The van der Waals surface area contributed by atoms with Gasteiger partial charge in [-0.15, -0.1) is 0 Å². The number of nitrogens with one attached hydrogen (secondary N) is 2. The molecule has 1 amide bonds. The predicted molar refractivity (Wildman–Crippen MR) is 70.5 cm³/mol. The van der Waals surface area contributed by atoms with Gasteiger partial charge in [0.15, 0.2) is 5.82 Å². The highest BCUT2D eigenvalue weighted by Crippen LogP contribution is 2.28. The lowest BCUT2D eigenvalue weighted by molar-refractivity contribution is 0.0835. The lowest BCUT2D eigenvalue weighted by atomic mass is 10.2. The lowest BCUT2D eigenvalue weighted by Gasteiger charge is -2.00. The summed E-state index contributed by atoms with van der Waals surface area (Å²) in [6.07, 6.45) is 3.42. The van der Waals surface area contributed by atoms with Gasteiger partial charge in [0.05, 0.1) is 0 Å². The zero-order valence-electron chi connectivity index (χ0n) is 11.4. The minimum Gasteiger partial charge on any atom is -0.368 e. The number of rotatable bonds is 2. The van der Waals surface area contributed by atoms with Gasteiger partial charge in [0.25, 0.3) is 11.8 Å². The van der Waals surface area contributed by atoms with E-state index >= 15 is 0 Å². The van der Waals surface area contributed by atoms with Gasteiger partial charge < -0.3 is 19.6 Å². The van der Waals surface area contributed by atoms with Crippen LogP contribution in [0, 0.1) is 0 Å². The highest BCUT2D eigenvalue weighted by atomic mass is 16.5. The van der Waals surface area contributed by atoms with Crippen molar-refractivity contribution in [3.63, 3.8) is 0 Å². The third-order valence-electron chi connectivity index (χ3n) is 3.74. The molecule has 2 N–H and O–H groups in total. The van der Waals surface area contributed by atoms with Gasteiger partial charge in [-0.2, -0.15) is 4.98 Å². The van der Waals surface area contributed by atoms with Crippen LogP contribution in [-0.2, 0) is 11.2 Å². The van der Waals surface area contributed by atoms with E-state index in [-0.39, 0.29) is 12.0 Å². The molecule has 0 aromatic carbocycles. The molecule has 0 radical (unpaired) electrons. The minimum absolute atomic E-state index is 0.123. The number of H-pyrrole nitrogens is 1. The van der Waals surface area contributed by atoms with Crippen LogP contribution in [0.2, 0.25) is 0 Å². The summed E-state index contributed by atoms with van der Waals surface area (Å²) in [4.78, 5) is 23.6. The number of aromatic nitrogens is 4. The standard InChI is InChI=1S/C13H15N5O3/c19-12-9-7(3-1-5-14-12)15-10(16-9)11-17-13(21-18-11)8-4-2-6-20-8/h8H,1-6H2,(H,14,19)(H,15,16)/t8-/m1/s1. The van der Waals surface area contributed by atoms with Crippen LogP contribution >= 0.6 is 0 Å². The SMILES string of the molecule is O=C1NCCCc2[nH]c(-c3noc([C@H]4CCCO4)n3)nc21. The van der Waals surface area contributed by atoms with E-state index in [1.54, 1.807) is 0 Å². The maximum Gasteiger partial charge on any atom is 0.271 e. The molecule has 2 aliphatic heterocycles. The molecule has 4 rings (SSSR count). The van der Waals surface area contributed by atoms with Crippen LogP contribution in [0.5, 0.6) is 0 Å². The zero-order chi connectivity index (χ0) is 14.2. The van der Waals surface area contributed by atoms with Gasteiger partial charge in [-0.3, -0.25) is 4.79 Å². The van der Waals surface area contributed by atoms with Gasteiger partial charge >= 0.3 is 0 Å². The van der Waals surface area contributed by atoms with Gasteiger partial charge in [-0.25, -0.2) is 4.98 Å². The Bertz CT molecular complexity index is 671. The Kier molecular flexibility index (Phi) is 2.95. The second-order valence-electron chi connectivity index (χ2n) is 5.23. The van der Waals surface area contributed by atoms with Gasteiger partial charge in [-0.1, -0.05) is 5.16 Å². The van der Waals surface area contributed by atoms with Crippen LogP contribution in [0.25, 0.3) is 11.6 Å². The molecule has 2 aromatic heterocycles. The Balaban J connectivity index is 1.64. The van der Waals surface area contributed by atoms with Crippen molar-refractivity contribution in [2.75, 3.05) is 13.2 Å². The number of amides is 1. The Labute approximate surface area is 120 Å². The number of aromatic amines is 1. The zero-order valence-corrected chi connectivity index (χ0v) is 11.4. The average Bonchev–Trinajstić information content (AvgIpc) is 3.20. The van der Waals surface area contributed by atoms with E-state index in [4.69, 9.17) is 9.26 Å². The Morgan fingerprint density at radius 2 is 2.19 bits per heavy atom. The van der Waals surface area contributed by atoms with Gasteiger partial charge in [0.1, 0.15) is 11.8 Å². The molecule has 21 heavy (non-hydrogen) atoms. The third-order valence-corrected chi connectivity index (χ3v) is 3.74. The number of carbonyl (C=O) groups excluding carboxylic acids is 1. The molecule has 0 saturated carbocycles. The quantitative estimate of drug-likeness (QED) is 0.854. The number of hydrogen-bond acceptors (Lipinski definition) is 6. The number of fused-ring (bicyclic) bond motifs is 1. The molecule has 0 unspecified atom stereocenters. The summed E-state index contributed by atoms with van der Waals surface area (Å²) >= 11 is 0. The summed E-state index contributed by atoms with van der Waals surface area (Å²) in [5.74, 6) is 1.14. The molecule has 4 heterocycles. The maximum atomic E-state index is 11.9. The molecule has 2 aliphatic rings. The summed E-state index contributed by atoms with van der Waals surface area (Å²) in [5, 5.41) is 6.74. The Morgan fingerprint density at radius 1 is 1.24 bits per heavy atom. The minimum atomic E-state index is -0.159. The molecular weight excluding hydrogens is 274 g/mol. The molecule has 0 bridgehead atoms. The van der Waals surface area contributed by atoms with Crippen LogP contribution in [0.4, 0.5) is 0 Å². The smallest absolute Gasteiger partial charge is 0.271 e. The van der Waals surface area contributed by atoms with E-state index < -0.39 is 0 Å².